The van der Waals surface area contributed by atoms with Crippen molar-refractivity contribution in [1.82, 2.24) is 0 Å². The first-order chi connectivity index (χ1) is 13.3. The molecular weight excluding hydrogens is 429 g/mol. The molecule has 0 spiro atoms. The van der Waals surface area contributed by atoms with Gasteiger partial charge in [0.1, 0.15) is 0 Å². The zero-order valence-corrected chi connectivity index (χ0v) is 23.0. The third kappa shape index (κ3) is 8.99. The van der Waals surface area contributed by atoms with Gasteiger partial charge in [-0.15, -0.1) is 0 Å². The summed E-state index contributed by atoms with van der Waals surface area (Å²) in [5.41, 5.74) is 2.06. The summed E-state index contributed by atoms with van der Waals surface area (Å²) in [7, 11) is -9.08. The molecule has 0 bridgehead atoms. The minimum atomic E-state index is -2.61. The van der Waals surface area contributed by atoms with Gasteiger partial charge in [0.05, 0.1) is 0 Å². The van der Waals surface area contributed by atoms with Crippen LogP contribution in [-0.4, -0.2) is 34.1 Å². The van der Waals surface area contributed by atoms with Crippen LogP contribution >= 0.6 is 0 Å². The fourth-order valence-corrected chi connectivity index (χ4v) is 21.1. The number of nitrogens with one attached hydrogen (secondary N) is 2. The second-order valence-corrected chi connectivity index (χ2v) is 24.1. The number of hydrogen-bond acceptors (Lipinski definition) is 5. The van der Waals surface area contributed by atoms with Crippen LogP contribution in [0.5, 0.6) is 0 Å². The first-order valence-corrected chi connectivity index (χ1v) is 21.5. The number of hydrogen-bond donors (Lipinski definition) is 2. The molecule has 0 unspecified atom stereocenters. The van der Waals surface area contributed by atoms with Crippen LogP contribution < -0.4 is 9.96 Å². The van der Waals surface area contributed by atoms with Crippen molar-refractivity contribution in [2.45, 2.75) is 52.4 Å². The number of benzene rings is 2. The molecular formula is C20H36N2O3Si4. The highest BCUT2D eigenvalue weighted by Crippen LogP contribution is 2.25. The maximum Gasteiger partial charge on any atom is 0.401 e. The van der Waals surface area contributed by atoms with Crippen molar-refractivity contribution in [1.29, 1.82) is 0 Å². The predicted octanol–water partition coefficient (Wildman–Crippen LogP) is 6.07. The van der Waals surface area contributed by atoms with Crippen LogP contribution in [0.3, 0.4) is 0 Å². The smallest absolute Gasteiger partial charge is 0.401 e. The first kappa shape index (κ1) is 24.1. The van der Waals surface area contributed by atoms with Crippen LogP contribution in [0.15, 0.2) is 60.7 Å². The van der Waals surface area contributed by atoms with E-state index in [2.05, 4.69) is 86.6 Å². The van der Waals surface area contributed by atoms with Gasteiger partial charge in [0, 0.05) is 11.4 Å². The summed E-state index contributed by atoms with van der Waals surface area (Å²) in [6, 6.07) is 20.4. The standard InChI is InChI=1S/C20H36N2O3Si4/c1-26(2,3)23-27(4,5)24-28(6,7)25-29(8,21-19-15-11-9-12-16-19)22-20-17-13-10-14-18-20/h9-18,21-22H,1-8H3. The lowest BCUT2D eigenvalue weighted by atomic mass is 10.3. The maximum atomic E-state index is 6.79. The molecule has 0 aliphatic rings. The summed E-state index contributed by atoms with van der Waals surface area (Å²) >= 11 is 0. The van der Waals surface area contributed by atoms with Gasteiger partial charge >= 0.3 is 25.8 Å². The lowest BCUT2D eigenvalue weighted by Crippen LogP contribution is -2.62. The van der Waals surface area contributed by atoms with Crippen molar-refractivity contribution in [2.24, 2.45) is 0 Å². The summed E-state index contributed by atoms with van der Waals surface area (Å²) < 4.78 is 19.8. The van der Waals surface area contributed by atoms with Crippen LogP contribution in [0.25, 0.3) is 0 Å². The van der Waals surface area contributed by atoms with Gasteiger partial charge in [-0.05, 0) is 76.6 Å². The number of anilines is 2. The molecule has 0 radical (unpaired) electrons. The zero-order valence-electron chi connectivity index (χ0n) is 19.0. The Kier molecular flexibility index (Phi) is 7.71. The van der Waals surface area contributed by atoms with E-state index in [1.54, 1.807) is 0 Å². The summed E-state index contributed by atoms with van der Waals surface area (Å²) in [6.07, 6.45) is 0. The molecule has 0 aliphatic carbocycles. The van der Waals surface area contributed by atoms with Gasteiger partial charge in [-0.25, -0.2) is 0 Å². The van der Waals surface area contributed by atoms with Crippen molar-refractivity contribution in [2.75, 3.05) is 9.96 Å². The maximum absolute atomic E-state index is 6.79. The topological polar surface area (TPSA) is 51.8 Å². The van der Waals surface area contributed by atoms with Crippen molar-refractivity contribution >= 4 is 45.5 Å². The average Bonchev–Trinajstić information content (AvgIpc) is 2.51. The van der Waals surface area contributed by atoms with Gasteiger partial charge in [0.25, 0.3) is 0 Å². The average molecular weight is 465 g/mol. The van der Waals surface area contributed by atoms with Crippen molar-refractivity contribution in [3.05, 3.63) is 60.7 Å². The van der Waals surface area contributed by atoms with Gasteiger partial charge < -0.3 is 22.3 Å². The Balaban J connectivity index is 2.23. The van der Waals surface area contributed by atoms with E-state index in [4.69, 9.17) is 12.3 Å². The fraction of sp³-hybridized carbons (Fsp3) is 0.400. The van der Waals surface area contributed by atoms with Gasteiger partial charge in [-0.1, -0.05) is 36.4 Å². The van der Waals surface area contributed by atoms with Gasteiger partial charge in [-0.2, -0.15) is 0 Å². The lowest BCUT2D eigenvalue weighted by Gasteiger charge is -2.41. The van der Waals surface area contributed by atoms with Gasteiger partial charge in [0.2, 0.25) is 0 Å². The molecule has 0 atom stereocenters. The van der Waals surface area contributed by atoms with Crippen molar-refractivity contribution < 1.29 is 12.3 Å². The molecule has 5 nitrogen and oxygen atoms in total. The minimum absolute atomic E-state index is 1.03. The monoisotopic (exact) mass is 464 g/mol. The normalized spacial score (nSPS) is 13.2. The first-order valence-electron chi connectivity index (χ1n) is 10.0. The highest BCUT2D eigenvalue weighted by atomic mass is 28.5. The minimum Gasteiger partial charge on any atom is -0.437 e. The van der Waals surface area contributed by atoms with Crippen molar-refractivity contribution in [3.8, 4) is 0 Å². The Morgan fingerprint density at radius 2 is 0.897 bits per heavy atom. The highest BCUT2D eigenvalue weighted by molar-refractivity contribution is 6.91. The highest BCUT2D eigenvalue weighted by Gasteiger charge is 2.45. The van der Waals surface area contributed by atoms with E-state index in [0.29, 0.717) is 0 Å². The van der Waals surface area contributed by atoms with Crippen molar-refractivity contribution in [3.63, 3.8) is 0 Å². The largest absolute Gasteiger partial charge is 0.437 e. The van der Waals surface area contributed by atoms with Crippen LogP contribution in [0.4, 0.5) is 11.4 Å². The Hall–Kier alpha value is -1.21. The zero-order chi connectivity index (χ0) is 21.8. The second kappa shape index (κ2) is 9.29. The summed E-state index contributed by atoms with van der Waals surface area (Å²) in [5, 5.41) is 0. The van der Waals surface area contributed by atoms with E-state index in [0.717, 1.165) is 11.4 Å². The van der Waals surface area contributed by atoms with E-state index in [1.165, 1.54) is 0 Å². The molecule has 0 saturated heterocycles. The lowest BCUT2D eigenvalue weighted by molar-refractivity contribution is 0.331. The Morgan fingerprint density at radius 3 is 1.28 bits per heavy atom. The summed E-state index contributed by atoms with van der Waals surface area (Å²) in [5.74, 6) is 0. The van der Waals surface area contributed by atoms with E-state index < -0.39 is 34.1 Å². The molecule has 0 amide bonds. The summed E-state index contributed by atoms with van der Waals surface area (Å²) in [6.45, 7) is 17.2. The Bertz CT molecular complexity index is 727. The van der Waals surface area contributed by atoms with Gasteiger partial charge in [0.15, 0.2) is 8.32 Å². The van der Waals surface area contributed by atoms with Gasteiger partial charge in [-0.3, -0.25) is 0 Å². The van der Waals surface area contributed by atoms with Crippen LogP contribution in [-0.2, 0) is 12.3 Å². The molecule has 0 saturated carbocycles. The van der Waals surface area contributed by atoms with E-state index in [9.17, 15) is 0 Å². The van der Waals surface area contributed by atoms with Crippen LogP contribution in [0.1, 0.15) is 0 Å². The quantitative estimate of drug-likeness (QED) is 0.418. The van der Waals surface area contributed by atoms with E-state index in [1.807, 2.05) is 36.4 Å². The van der Waals surface area contributed by atoms with E-state index >= 15 is 0 Å². The third-order valence-corrected chi connectivity index (χ3v) is 17.3. The molecule has 29 heavy (non-hydrogen) atoms. The SMILES string of the molecule is C[Si](C)(C)O[Si](C)(C)O[Si](C)(C)O[Si](C)(Nc1ccccc1)Nc1ccccc1. The molecule has 0 aliphatic heterocycles. The van der Waals surface area contributed by atoms with Crippen LogP contribution in [0, 0.1) is 0 Å². The van der Waals surface area contributed by atoms with Crippen LogP contribution in [0.2, 0.25) is 52.4 Å². The predicted molar refractivity (Wildman–Crippen MR) is 133 cm³/mol. The molecule has 0 fully saturated rings. The number of para-hydroxylation sites is 2. The molecule has 160 valence electrons. The Labute approximate surface area is 180 Å². The molecule has 0 heterocycles. The second-order valence-electron chi connectivity index (χ2n) is 9.23. The molecule has 2 aromatic carbocycles. The molecule has 2 aromatic rings. The third-order valence-electron chi connectivity index (χ3n) is 3.81. The number of rotatable bonds is 10. The molecule has 2 N–H and O–H groups in total. The molecule has 2 rings (SSSR count). The molecule has 9 heteroatoms. The molecule has 0 aromatic heterocycles. The van der Waals surface area contributed by atoms with E-state index in [-0.39, 0.29) is 0 Å². The fourth-order valence-electron chi connectivity index (χ4n) is 3.54. The summed E-state index contributed by atoms with van der Waals surface area (Å²) in [4.78, 5) is 7.28. The Morgan fingerprint density at radius 1 is 0.517 bits per heavy atom.